The summed E-state index contributed by atoms with van der Waals surface area (Å²) < 4.78 is 5.73. The largest absolute Gasteiger partial charge is 0.372 e. The number of carbonyl (C=O) groups excluding carboxylic acids is 1. The second kappa shape index (κ2) is 6.87. The van der Waals surface area contributed by atoms with Crippen molar-refractivity contribution in [1.82, 2.24) is 9.88 Å². The smallest absolute Gasteiger partial charge is 0.225 e. The summed E-state index contributed by atoms with van der Waals surface area (Å²) in [6, 6.07) is 4.13. The number of aromatic nitrogens is 1. The minimum atomic E-state index is 0.138. The highest BCUT2D eigenvalue weighted by molar-refractivity contribution is 5.79. The van der Waals surface area contributed by atoms with E-state index in [9.17, 15) is 4.79 Å². The molecule has 0 saturated carbocycles. The molecule has 0 radical (unpaired) electrons. The molecule has 0 bridgehead atoms. The van der Waals surface area contributed by atoms with Crippen LogP contribution in [0.3, 0.4) is 0 Å². The highest BCUT2D eigenvalue weighted by Gasteiger charge is 2.32. The zero-order valence-corrected chi connectivity index (χ0v) is 14.4. The number of ether oxygens (including phenoxy) is 1. The Morgan fingerprint density at radius 1 is 1.22 bits per heavy atom. The maximum Gasteiger partial charge on any atom is 0.225 e. The van der Waals surface area contributed by atoms with Crippen molar-refractivity contribution in [3.05, 3.63) is 23.9 Å². The summed E-state index contributed by atoms with van der Waals surface area (Å²) in [5, 5.41) is 0. The molecule has 2 saturated heterocycles. The van der Waals surface area contributed by atoms with Crippen LogP contribution in [0.4, 0.5) is 5.82 Å². The van der Waals surface area contributed by atoms with Crippen LogP contribution in [-0.4, -0.2) is 54.2 Å². The highest BCUT2D eigenvalue weighted by Crippen LogP contribution is 2.25. The second-order valence-corrected chi connectivity index (χ2v) is 6.95. The maximum atomic E-state index is 12.8. The number of hydrogen-bond donors (Lipinski definition) is 0. The fourth-order valence-electron chi connectivity index (χ4n) is 3.66. The Bertz CT molecular complexity index is 545. The van der Waals surface area contributed by atoms with Crippen molar-refractivity contribution < 1.29 is 9.53 Å². The van der Waals surface area contributed by atoms with E-state index in [1.807, 2.05) is 31.0 Å². The molecule has 2 aliphatic heterocycles. The highest BCUT2D eigenvalue weighted by atomic mass is 16.5. The van der Waals surface area contributed by atoms with Gasteiger partial charge in [0.1, 0.15) is 5.82 Å². The van der Waals surface area contributed by atoms with Gasteiger partial charge in [-0.25, -0.2) is 4.98 Å². The number of piperidine rings is 1. The number of pyridine rings is 1. The van der Waals surface area contributed by atoms with Crippen molar-refractivity contribution in [2.45, 2.75) is 45.8 Å². The normalized spacial score (nSPS) is 26.4. The summed E-state index contributed by atoms with van der Waals surface area (Å²) >= 11 is 0. The van der Waals surface area contributed by atoms with Crippen molar-refractivity contribution in [2.24, 2.45) is 5.92 Å². The van der Waals surface area contributed by atoms with Crippen LogP contribution in [0.1, 0.15) is 32.3 Å². The third kappa shape index (κ3) is 3.83. The summed E-state index contributed by atoms with van der Waals surface area (Å²) in [5.41, 5.74) is 1.23. The van der Waals surface area contributed by atoms with E-state index in [1.165, 1.54) is 5.56 Å². The molecule has 5 heteroatoms. The third-order valence-electron chi connectivity index (χ3n) is 4.80. The van der Waals surface area contributed by atoms with Gasteiger partial charge in [0.2, 0.25) is 5.91 Å². The predicted molar refractivity (Wildman–Crippen MR) is 90.5 cm³/mol. The van der Waals surface area contributed by atoms with Crippen LogP contribution in [-0.2, 0) is 9.53 Å². The monoisotopic (exact) mass is 317 g/mol. The molecule has 2 unspecified atom stereocenters. The molecule has 1 aromatic rings. The van der Waals surface area contributed by atoms with Gasteiger partial charge in [-0.2, -0.15) is 0 Å². The van der Waals surface area contributed by atoms with E-state index >= 15 is 0 Å². The molecule has 0 spiro atoms. The molecule has 3 rings (SSSR count). The van der Waals surface area contributed by atoms with Crippen LogP contribution in [0.2, 0.25) is 0 Å². The molecule has 23 heavy (non-hydrogen) atoms. The van der Waals surface area contributed by atoms with Crippen molar-refractivity contribution in [3.63, 3.8) is 0 Å². The van der Waals surface area contributed by atoms with E-state index in [-0.39, 0.29) is 18.1 Å². The predicted octanol–water partition coefficient (Wildman–Crippen LogP) is 2.24. The molecule has 0 aromatic carbocycles. The first-order valence-electron chi connectivity index (χ1n) is 8.65. The number of amides is 1. The minimum absolute atomic E-state index is 0.138. The first kappa shape index (κ1) is 16.2. The van der Waals surface area contributed by atoms with Gasteiger partial charge < -0.3 is 14.5 Å². The quantitative estimate of drug-likeness (QED) is 0.839. The lowest BCUT2D eigenvalue weighted by Crippen LogP contribution is -2.51. The van der Waals surface area contributed by atoms with Crippen molar-refractivity contribution in [3.8, 4) is 0 Å². The fourth-order valence-corrected chi connectivity index (χ4v) is 3.66. The number of aryl methyl sites for hydroxylation is 1. The summed E-state index contributed by atoms with van der Waals surface area (Å²) in [6.07, 6.45) is 3.96. The molecule has 1 amide bonds. The fraction of sp³-hybridized carbons (Fsp3) is 0.667. The van der Waals surface area contributed by atoms with Crippen molar-refractivity contribution in [1.29, 1.82) is 0 Å². The van der Waals surface area contributed by atoms with E-state index in [4.69, 9.17) is 4.74 Å². The number of carbonyl (C=O) groups is 1. The van der Waals surface area contributed by atoms with Gasteiger partial charge in [0.05, 0.1) is 12.2 Å². The number of hydrogen-bond acceptors (Lipinski definition) is 4. The number of rotatable bonds is 2. The number of nitrogens with zero attached hydrogens (tertiary/aromatic N) is 3. The molecule has 0 aliphatic carbocycles. The standard InChI is InChI=1S/C18H27N3O2/c1-13-4-7-19-17(10-13)20-8-5-16(6-9-20)18(22)21-11-14(2)23-15(3)12-21/h4,7,10,14-16H,5-6,8-9,11-12H2,1-3H3. The average molecular weight is 317 g/mol. The molecule has 2 atom stereocenters. The molecule has 5 nitrogen and oxygen atoms in total. The molecule has 0 N–H and O–H groups in total. The molecular formula is C18H27N3O2. The zero-order chi connectivity index (χ0) is 16.4. The van der Waals surface area contributed by atoms with Crippen LogP contribution in [0.25, 0.3) is 0 Å². The van der Waals surface area contributed by atoms with Crippen molar-refractivity contribution >= 4 is 11.7 Å². The third-order valence-corrected chi connectivity index (χ3v) is 4.80. The maximum absolute atomic E-state index is 12.8. The number of anilines is 1. The molecule has 2 fully saturated rings. The topological polar surface area (TPSA) is 45.7 Å². The van der Waals surface area contributed by atoms with Gasteiger partial charge in [-0.3, -0.25) is 4.79 Å². The van der Waals surface area contributed by atoms with Crippen LogP contribution in [0.15, 0.2) is 18.3 Å². The lowest BCUT2D eigenvalue weighted by Gasteiger charge is -2.39. The Morgan fingerprint density at radius 2 is 1.87 bits per heavy atom. The molecule has 3 heterocycles. The average Bonchev–Trinajstić information content (AvgIpc) is 2.53. The van der Waals surface area contributed by atoms with Gasteiger partial charge in [0.25, 0.3) is 0 Å². The lowest BCUT2D eigenvalue weighted by atomic mass is 9.94. The van der Waals surface area contributed by atoms with Gasteiger partial charge in [0.15, 0.2) is 0 Å². The summed E-state index contributed by atoms with van der Waals surface area (Å²) in [5.74, 6) is 1.49. The van der Waals surface area contributed by atoms with Crippen molar-refractivity contribution in [2.75, 3.05) is 31.1 Å². The molecule has 2 aliphatic rings. The van der Waals surface area contributed by atoms with E-state index in [2.05, 4.69) is 22.9 Å². The van der Waals surface area contributed by atoms with E-state index < -0.39 is 0 Å². The van der Waals surface area contributed by atoms with E-state index in [1.54, 1.807) is 0 Å². The Labute approximate surface area is 138 Å². The first-order valence-corrected chi connectivity index (χ1v) is 8.65. The SMILES string of the molecule is Cc1ccnc(N2CCC(C(=O)N3CC(C)OC(C)C3)CC2)c1. The summed E-state index contributed by atoms with van der Waals surface area (Å²) in [6.45, 7) is 9.43. The molecule has 126 valence electrons. The second-order valence-electron chi connectivity index (χ2n) is 6.95. The van der Waals surface area contributed by atoms with E-state index in [0.717, 1.165) is 44.8 Å². The van der Waals surface area contributed by atoms with E-state index in [0.29, 0.717) is 5.91 Å². The van der Waals surface area contributed by atoms with Crippen LogP contribution in [0.5, 0.6) is 0 Å². The summed E-state index contributed by atoms with van der Waals surface area (Å²) in [7, 11) is 0. The first-order chi connectivity index (χ1) is 11.0. The van der Waals surface area contributed by atoms with Gasteiger partial charge >= 0.3 is 0 Å². The van der Waals surface area contributed by atoms with Crippen LogP contribution < -0.4 is 4.90 Å². The molecule has 1 aromatic heterocycles. The van der Waals surface area contributed by atoms with Gasteiger partial charge in [-0.05, 0) is 51.3 Å². The van der Waals surface area contributed by atoms with Crippen LogP contribution in [0, 0.1) is 12.8 Å². The van der Waals surface area contributed by atoms with Gasteiger partial charge in [-0.15, -0.1) is 0 Å². The Balaban J connectivity index is 1.57. The Morgan fingerprint density at radius 3 is 2.48 bits per heavy atom. The zero-order valence-electron chi connectivity index (χ0n) is 14.4. The Kier molecular flexibility index (Phi) is 4.85. The van der Waals surface area contributed by atoms with Gasteiger partial charge in [-0.1, -0.05) is 0 Å². The minimum Gasteiger partial charge on any atom is -0.372 e. The molecular weight excluding hydrogens is 290 g/mol. The summed E-state index contributed by atoms with van der Waals surface area (Å²) in [4.78, 5) is 21.5. The number of morpholine rings is 1. The Hall–Kier alpha value is -1.62. The lowest BCUT2D eigenvalue weighted by molar-refractivity contribution is -0.148. The van der Waals surface area contributed by atoms with Gasteiger partial charge in [0, 0.05) is 38.3 Å². The van der Waals surface area contributed by atoms with Crippen LogP contribution >= 0.6 is 0 Å².